The van der Waals surface area contributed by atoms with E-state index in [1.807, 2.05) is 0 Å². The lowest BCUT2D eigenvalue weighted by Crippen LogP contribution is -2.13. The van der Waals surface area contributed by atoms with Crippen molar-refractivity contribution < 1.29 is 27.4 Å². The zero-order chi connectivity index (χ0) is 17.2. The summed E-state index contributed by atoms with van der Waals surface area (Å²) in [5.74, 6) is 0.470. The largest absolute Gasteiger partial charge is 0.490 e. The fraction of sp³-hybridized carbons (Fsp3) is 0.235. The number of hydrogen-bond acceptors (Lipinski definition) is 3. The monoisotopic (exact) mass is 337 g/mol. The van der Waals surface area contributed by atoms with Crippen LogP contribution >= 0.6 is 0 Å². The van der Waals surface area contributed by atoms with Crippen molar-refractivity contribution in [3.8, 4) is 11.5 Å². The van der Waals surface area contributed by atoms with Gasteiger partial charge in [-0.1, -0.05) is 6.07 Å². The molecule has 0 fully saturated rings. The van der Waals surface area contributed by atoms with Gasteiger partial charge < -0.3 is 14.8 Å². The summed E-state index contributed by atoms with van der Waals surface area (Å²) in [7, 11) is 0. The SMILES string of the molecule is O=C(Nc1cccc(C(F)(F)F)c1)c1ccc2c(c1)OCCCO2. The summed E-state index contributed by atoms with van der Waals surface area (Å²) < 4.78 is 49.1. The first-order chi connectivity index (χ1) is 11.4. The average molecular weight is 337 g/mol. The van der Waals surface area contributed by atoms with Crippen molar-refractivity contribution in [2.75, 3.05) is 18.5 Å². The number of carbonyl (C=O) groups excluding carboxylic acids is 1. The Hall–Kier alpha value is -2.70. The topological polar surface area (TPSA) is 47.6 Å². The third-order valence-corrected chi connectivity index (χ3v) is 3.46. The third kappa shape index (κ3) is 3.61. The minimum absolute atomic E-state index is 0.0712. The molecule has 4 nitrogen and oxygen atoms in total. The standard InChI is InChI=1S/C17H14F3NO3/c18-17(19,20)12-3-1-4-13(10-12)21-16(22)11-5-6-14-15(9-11)24-8-2-7-23-14/h1,3-6,9-10H,2,7-8H2,(H,21,22). The molecule has 1 aliphatic rings. The van der Waals surface area contributed by atoms with E-state index >= 15 is 0 Å². The molecule has 7 heteroatoms. The normalized spacial score (nSPS) is 14.0. The number of halogens is 3. The molecule has 0 saturated heterocycles. The molecule has 3 rings (SSSR count). The van der Waals surface area contributed by atoms with Crippen molar-refractivity contribution in [3.05, 3.63) is 53.6 Å². The molecule has 0 bridgehead atoms. The van der Waals surface area contributed by atoms with Crippen LogP contribution in [0.4, 0.5) is 18.9 Å². The van der Waals surface area contributed by atoms with Crippen LogP contribution < -0.4 is 14.8 Å². The van der Waals surface area contributed by atoms with Gasteiger partial charge >= 0.3 is 6.18 Å². The molecule has 126 valence electrons. The smallest absolute Gasteiger partial charge is 0.416 e. The van der Waals surface area contributed by atoms with Gasteiger partial charge in [-0.25, -0.2) is 0 Å². The zero-order valence-electron chi connectivity index (χ0n) is 12.5. The number of hydrogen-bond donors (Lipinski definition) is 1. The van der Waals surface area contributed by atoms with Crippen LogP contribution in [0, 0.1) is 0 Å². The van der Waals surface area contributed by atoms with Gasteiger partial charge in [0, 0.05) is 17.7 Å². The van der Waals surface area contributed by atoms with E-state index in [4.69, 9.17) is 9.47 Å². The number of amides is 1. The molecule has 1 N–H and O–H groups in total. The van der Waals surface area contributed by atoms with Crippen molar-refractivity contribution in [3.63, 3.8) is 0 Å². The zero-order valence-corrected chi connectivity index (χ0v) is 12.5. The minimum atomic E-state index is -4.46. The van der Waals surface area contributed by atoms with E-state index in [9.17, 15) is 18.0 Å². The molecule has 0 aliphatic carbocycles. The summed E-state index contributed by atoms with van der Waals surface area (Å²) in [6, 6.07) is 9.15. The van der Waals surface area contributed by atoms with Crippen molar-refractivity contribution in [2.24, 2.45) is 0 Å². The van der Waals surface area contributed by atoms with E-state index in [1.165, 1.54) is 24.3 Å². The summed E-state index contributed by atoms with van der Waals surface area (Å²) in [5.41, 5.74) is -0.474. The van der Waals surface area contributed by atoms with E-state index in [2.05, 4.69) is 5.32 Å². The van der Waals surface area contributed by atoms with Gasteiger partial charge in [-0.15, -0.1) is 0 Å². The van der Waals surface area contributed by atoms with Gasteiger partial charge in [0.2, 0.25) is 0 Å². The number of nitrogens with one attached hydrogen (secondary N) is 1. The van der Waals surface area contributed by atoms with Gasteiger partial charge in [0.05, 0.1) is 18.8 Å². The Balaban J connectivity index is 1.79. The second kappa shape index (κ2) is 6.43. The minimum Gasteiger partial charge on any atom is -0.490 e. The van der Waals surface area contributed by atoms with Crippen LogP contribution in [0.1, 0.15) is 22.3 Å². The van der Waals surface area contributed by atoms with Crippen molar-refractivity contribution in [2.45, 2.75) is 12.6 Å². The van der Waals surface area contributed by atoms with E-state index in [0.717, 1.165) is 18.6 Å². The lowest BCUT2D eigenvalue weighted by Gasteiger charge is -2.11. The number of anilines is 1. The lowest BCUT2D eigenvalue weighted by molar-refractivity contribution is -0.137. The fourth-order valence-electron chi connectivity index (χ4n) is 2.28. The maximum atomic E-state index is 12.7. The maximum Gasteiger partial charge on any atom is 0.416 e. The Labute approximate surface area is 136 Å². The van der Waals surface area contributed by atoms with Crippen molar-refractivity contribution in [1.29, 1.82) is 0 Å². The Morgan fingerprint density at radius 1 is 1.00 bits per heavy atom. The lowest BCUT2D eigenvalue weighted by atomic mass is 10.1. The van der Waals surface area contributed by atoms with Crippen LogP contribution in [0.5, 0.6) is 11.5 Å². The highest BCUT2D eigenvalue weighted by molar-refractivity contribution is 6.04. The van der Waals surface area contributed by atoms with Crippen LogP contribution in [0.2, 0.25) is 0 Å². The molecule has 0 unspecified atom stereocenters. The van der Waals surface area contributed by atoms with Crippen LogP contribution in [0.25, 0.3) is 0 Å². The number of rotatable bonds is 2. The molecule has 1 heterocycles. The first kappa shape index (κ1) is 16.2. The molecule has 0 spiro atoms. The summed E-state index contributed by atoms with van der Waals surface area (Å²) >= 11 is 0. The molecule has 0 aromatic heterocycles. The van der Waals surface area contributed by atoms with E-state index < -0.39 is 17.6 Å². The van der Waals surface area contributed by atoms with Gasteiger partial charge in [-0.3, -0.25) is 4.79 Å². The van der Waals surface area contributed by atoms with Gasteiger partial charge in [-0.2, -0.15) is 13.2 Å². The van der Waals surface area contributed by atoms with Crippen LogP contribution in [0.3, 0.4) is 0 Å². The molecule has 2 aromatic carbocycles. The predicted octanol–water partition coefficient (Wildman–Crippen LogP) is 4.12. The number of alkyl halides is 3. The molecule has 1 aliphatic heterocycles. The molecular formula is C17H14F3NO3. The second-order valence-corrected chi connectivity index (χ2v) is 5.24. The number of benzene rings is 2. The highest BCUT2D eigenvalue weighted by atomic mass is 19.4. The summed E-state index contributed by atoms with van der Waals surface area (Å²) in [4.78, 5) is 12.3. The second-order valence-electron chi connectivity index (χ2n) is 5.24. The molecule has 0 radical (unpaired) electrons. The first-order valence-electron chi connectivity index (χ1n) is 7.32. The molecule has 24 heavy (non-hydrogen) atoms. The summed E-state index contributed by atoms with van der Waals surface area (Å²) in [6.07, 6.45) is -3.73. The van der Waals surface area contributed by atoms with Crippen molar-refractivity contribution in [1.82, 2.24) is 0 Å². The molecule has 0 atom stereocenters. The van der Waals surface area contributed by atoms with E-state index in [0.29, 0.717) is 24.7 Å². The maximum absolute atomic E-state index is 12.7. The number of ether oxygens (including phenoxy) is 2. The van der Waals surface area contributed by atoms with Crippen LogP contribution in [0.15, 0.2) is 42.5 Å². The molecule has 1 amide bonds. The highest BCUT2D eigenvalue weighted by Crippen LogP contribution is 2.32. The summed E-state index contributed by atoms with van der Waals surface area (Å²) in [6.45, 7) is 1.01. The predicted molar refractivity (Wildman–Crippen MR) is 81.4 cm³/mol. The van der Waals surface area contributed by atoms with Gasteiger partial charge in [0.15, 0.2) is 11.5 Å². The van der Waals surface area contributed by atoms with E-state index in [1.54, 1.807) is 6.07 Å². The number of fused-ring (bicyclic) bond motifs is 1. The Bertz CT molecular complexity index is 759. The molecule has 2 aromatic rings. The van der Waals surface area contributed by atoms with Crippen LogP contribution in [-0.2, 0) is 6.18 Å². The quantitative estimate of drug-likeness (QED) is 0.897. The van der Waals surface area contributed by atoms with Gasteiger partial charge in [0.25, 0.3) is 5.91 Å². The van der Waals surface area contributed by atoms with Gasteiger partial charge in [0.1, 0.15) is 0 Å². The summed E-state index contributed by atoms with van der Waals surface area (Å²) in [5, 5.41) is 2.46. The third-order valence-electron chi connectivity index (χ3n) is 3.46. The van der Waals surface area contributed by atoms with Crippen LogP contribution in [-0.4, -0.2) is 19.1 Å². The highest BCUT2D eigenvalue weighted by Gasteiger charge is 2.30. The molecular weight excluding hydrogens is 323 g/mol. The number of carbonyl (C=O) groups is 1. The Morgan fingerprint density at radius 3 is 2.50 bits per heavy atom. The van der Waals surface area contributed by atoms with Gasteiger partial charge in [-0.05, 0) is 36.4 Å². The Kier molecular flexibility index (Phi) is 4.33. The Morgan fingerprint density at radius 2 is 1.75 bits per heavy atom. The average Bonchev–Trinajstić information content (AvgIpc) is 2.78. The first-order valence-corrected chi connectivity index (χ1v) is 7.32. The van der Waals surface area contributed by atoms with Crippen molar-refractivity contribution >= 4 is 11.6 Å². The fourth-order valence-corrected chi connectivity index (χ4v) is 2.28. The van der Waals surface area contributed by atoms with E-state index in [-0.39, 0.29) is 11.3 Å². The molecule has 0 saturated carbocycles.